The molecule has 2 N–H and O–H groups in total. The number of hydrogen-bond acceptors (Lipinski definition) is 5. The van der Waals surface area contributed by atoms with Gasteiger partial charge in [-0.25, -0.2) is 4.98 Å². The molecule has 0 fully saturated rings. The molecular formula is C26H25N3O2. The van der Waals surface area contributed by atoms with Gasteiger partial charge in [0.15, 0.2) is 11.3 Å². The molecule has 0 unspecified atom stereocenters. The zero-order valence-electron chi connectivity index (χ0n) is 17.8. The molecule has 2 aliphatic rings. The molecule has 1 heterocycles. The Kier molecular flexibility index (Phi) is 5.04. The van der Waals surface area contributed by atoms with Gasteiger partial charge in [-0.3, -0.25) is 4.99 Å². The predicted octanol–water partition coefficient (Wildman–Crippen LogP) is 5.26. The zero-order valence-corrected chi connectivity index (χ0v) is 17.8. The van der Waals surface area contributed by atoms with E-state index in [0.29, 0.717) is 18.7 Å². The Bertz CT molecular complexity index is 1450. The molecule has 0 amide bonds. The number of fused-ring (bicyclic) bond motifs is 5. The zero-order chi connectivity index (χ0) is 21.4. The number of aryl methyl sites for hydroxylation is 1. The van der Waals surface area contributed by atoms with Crippen molar-refractivity contribution in [1.29, 1.82) is 0 Å². The number of aliphatic hydroxyl groups excluding tert-OH is 1. The van der Waals surface area contributed by atoms with Crippen LogP contribution in [-0.2, 0) is 0 Å². The second kappa shape index (κ2) is 8.00. The van der Waals surface area contributed by atoms with Crippen molar-refractivity contribution < 1.29 is 9.52 Å². The van der Waals surface area contributed by atoms with Crippen LogP contribution in [0.1, 0.15) is 18.9 Å². The van der Waals surface area contributed by atoms with Crippen molar-refractivity contribution in [2.75, 3.05) is 25.0 Å². The second-order valence-electron chi connectivity index (χ2n) is 7.83. The highest BCUT2D eigenvalue weighted by Gasteiger charge is 2.16. The van der Waals surface area contributed by atoms with E-state index in [1.807, 2.05) is 24.3 Å². The summed E-state index contributed by atoms with van der Waals surface area (Å²) in [5.74, 6) is 0.712. The van der Waals surface area contributed by atoms with Crippen molar-refractivity contribution in [1.82, 2.24) is 4.98 Å². The Labute approximate surface area is 180 Å². The lowest BCUT2D eigenvalue weighted by Crippen LogP contribution is -2.08. The molecule has 3 aromatic carbocycles. The first kappa shape index (κ1) is 19.5. The van der Waals surface area contributed by atoms with Crippen LogP contribution in [0.5, 0.6) is 0 Å². The monoisotopic (exact) mass is 411 g/mol. The Balaban J connectivity index is 1.86. The normalized spacial score (nSPS) is 12.4. The van der Waals surface area contributed by atoms with Crippen molar-refractivity contribution in [3.05, 3.63) is 65.5 Å². The molecule has 31 heavy (non-hydrogen) atoms. The number of hydrogen-bond donors (Lipinski definition) is 2. The maximum atomic E-state index is 9.19. The van der Waals surface area contributed by atoms with Crippen LogP contribution in [0.4, 0.5) is 5.69 Å². The molecule has 0 aromatic heterocycles. The van der Waals surface area contributed by atoms with Gasteiger partial charge in [-0.15, -0.1) is 0 Å². The van der Waals surface area contributed by atoms with Gasteiger partial charge in [-0.2, -0.15) is 0 Å². The quantitative estimate of drug-likeness (QED) is 0.235. The lowest BCUT2D eigenvalue weighted by molar-refractivity contribution is 0.291. The molecule has 1 aliphatic heterocycles. The molecule has 1 aliphatic carbocycles. The van der Waals surface area contributed by atoms with E-state index in [9.17, 15) is 5.11 Å². The van der Waals surface area contributed by atoms with Crippen LogP contribution >= 0.6 is 0 Å². The third-order valence-corrected chi connectivity index (χ3v) is 5.64. The summed E-state index contributed by atoms with van der Waals surface area (Å²) in [6.45, 7) is 5.70. The summed E-state index contributed by atoms with van der Waals surface area (Å²) in [5.41, 5.74) is 4.62. The molecule has 156 valence electrons. The van der Waals surface area contributed by atoms with Gasteiger partial charge < -0.3 is 14.8 Å². The van der Waals surface area contributed by atoms with Gasteiger partial charge in [-0.1, -0.05) is 24.3 Å². The van der Waals surface area contributed by atoms with Gasteiger partial charge in [0.2, 0.25) is 0 Å². The summed E-state index contributed by atoms with van der Waals surface area (Å²) in [5, 5.41) is 17.8. The fourth-order valence-corrected chi connectivity index (χ4v) is 4.11. The van der Waals surface area contributed by atoms with E-state index in [1.54, 1.807) is 0 Å². The first-order chi connectivity index (χ1) is 15.2. The molecule has 0 spiro atoms. The van der Waals surface area contributed by atoms with E-state index in [-0.39, 0.29) is 6.61 Å². The molecule has 0 radical (unpaired) electrons. The minimum atomic E-state index is 0.126. The van der Waals surface area contributed by atoms with E-state index in [2.05, 4.69) is 49.5 Å². The minimum absolute atomic E-state index is 0.126. The molecule has 5 rings (SSSR count). The molecule has 5 heteroatoms. The summed E-state index contributed by atoms with van der Waals surface area (Å²) in [7, 11) is 0. The smallest absolute Gasteiger partial charge is 0.155 e. The summed E-state index contributed by atoms with van der Waals surface area (Å²) < 4.78 is 6.34. The highest BCUT2D eigenvalue weighted by atomic mass is 16.3. The van der Waals surface area contributed by atoms with E-state index < -0.39 is 0 Å². The van der Waals surface area contributed by atoms with Gasteiger partial charge >= 0.3 is 0 Å². The summed E-state index contributed by atoms with van der Waals surface area (Å²) in [6, 6.07) is 18.7. The van der Waals surface area contributed by atoms with Crippen LogP contribution in [0.15, 0.2) is 64.0 Å². The van der Waals surface area contributed by atoms with Crippen LogP contribution in [0.3, 0.4) is 0 Å². The lowest BCUT2D eigenvalue weighted by Gasteiger charge is -2.14. The number of rotatable bonds is 5. The Morgan fingerprint density at radius 1 is 1.03 bits per heavy atom. The third-order valence-electron chi connectivity index (χ3n) is 5.64. The fourth-order valence-electron chi connectivity index (χ4n) is 4.11. The molecule has 0 saturated carbocycles. The Hall–Kier alpha value is -3.44. The van der Waals surface area contributed by atoms with Crippen LogP contribution in [-0.4, -0.2) is 29.8 Å². The molecule has 0 saturated heterocycles. The highest BCUT2D eigenvalue weighted by molar-refractivity contribution is 6.04. The minimum Gasteiger partial charge on any atom is -0.453 e. The van der Waals surface area contributed by atoms with Gasteiger partial charge in [0.25, 0.3) is 0 Å². The number of benzene rings is 4. The average Bonchev–Trinajstić information content (AvgIpc) is 2.78. The average molecular weight is 412 g/mol. The maximum absolute atomic E-state index is 9.19. The topological polar surface area (TPSA) is 70.7 Å². The van der Waals surface area contributed by atoms with Crippen LogP contribution < -0.4 is 10.7 Å². The summed E-state index contributed by atoms with van der Waals surface area (Å²) in [4.78, 5) is 9.77. The maximum Gasteiger partial charge on any atom is 0.155 e. The van der Waals surface area contributed by atoms with Crippen molar-refractivity contribution in [3.63, 3.8) is 0 Å². The van der Waals surface area contributed by atoms with Gasteiger partial charge in [0, 0.05) is 48.3 Å². The summed E-state index contributed by atoms with van der Waals surface area (Å²) in [6.07, 6.45) is 0.631. The van der Waals surface area contributed by atoms with E-state index in [4.69, 9.17) is 14.4 Å². The first-order valence-electron chi connectivity index (χ1n) is 10.7. The van der Waals surface area contributed by atoms with Crippen LogP contribution in [0, 0.1) is 6.92 Å². The van der Waals surface area contributed by atoms with Crippen molar-refractivity contribution >= 4 is 38.3 Å². The van der Waals surface area contributed by atoms with Crippen molar-refractivity contribution in [2.24, 2.45) is 4.99 Å². The standard InChI is InChI=1S/C26H25N3O2/c1-3-27-21-14-24-23(11-16(21)2)29-26-20-13-18-8-5-4-7-17(18)12-19(20)22(15-25(26)31-24)28-9-6-10-30/h4-5,7-8,11-15,27,30H,3,6,9-10H2,1-2H3. The molecule has 0 atom stereocenters. The predicted molar refractivity (Wildman–Crippen MR) is 127 cm³/mol. The number of nitrogens with zero attached hydrogens (tertiary/aromatic N) is 2. The van der Waals surface area contributed by atoms with E-state index in [0.717, 1.165) is 61.5 Å². The van der Waals surface area contributed by atoms with Crippen molar-refractivity contribution in [3.8, 4) is 11.5 Å². The van der Waals surface area contributed by atoms with Gasteiger partial charge in [-0.05, 0) is 54.8 Å². The number of anilines is 1. The molecule has 5 nitrogen and oxygen atoms in total. The van der Waals surface area contributed by atoms with Gasteiger partial charge in [0.1, 0.15) is 11.2 Å². The lowest BCUT2D eigenvalue weighted by atomic mass is 9.99. The molecule has 3 aromatic rings. The first-order valence-corrected chi connectivity index (χ1v) is 10.7. The summed E-state index contributed by atoms with van der Waals surface area (Å²) >= 11 is 0. The van der Waals surface area contributed by atoms with E-state index in [1.165, 1.54) is 0 Å². The van der Waals surface area contributed by atoms with Crippen LogP contribution in [0.2, 0.25) is 0 Å². The fraction of sp³-hybridized carbons (Fsp3) is 0.231. The highest BCUT2D eigenvalue weighted by Crippen LogP contribution is 2.34. The largest absolute Gasteiger partial charge is 0.453 e. The molecular weight excluding hydrogens is 386 g/mol. The second-order valence-corrected chi connectivity index (χ2v) is 7.83. The SMILES string of the molecule is CCNc1cc2oc3cc(=NCCCO)c4cc5ccccc5cc4c-3nc2cc1C. The number of nitrogens with one attached hydrogen (secondary N) is 1. The third kappa shape index (κ3) is 3.51. The van der Waals surface area contributed by atoms with Crippen molar-refractivity contribution in [2.45, 2.75) is 20.3 Å². The Morgan fingerprint density at radius 2 is 1.81 bits per heavy atom. The molecule has 0 bridgehead atoms. The van der Waals surface area contributed by atoms with Crippen LogP contribution in [0.25, 0.3) is 44.1 Å². The van der Waals surface area contributed by atoms with E-state index >= 15 is 0 Å². The number of aliphatic hydroxyl groups is 1. The Morgan fingerprint density at radius 3 is 2.55 bits per heavy atom. The number of aromatic nitrogens is 1. The van der Waals surface area contributed by atoms with Gasteiger partial charge in [0.05, 0.1) is 5.36 Å².